The summed E-state index contributed by atoms with van der Waals surface area (Å²) in [7, 11) is 0. The molecule has 2 N–H and O–H groups in total. The van der Waals surface area contributed by atoms with Crippen molar-refractivity contribution in [2.75, 3.05) is 0 Å². The number of benzene rings is 1. The molecule has 4 atom stereocenters. The van der Waals surface area contributed by atoms with Gasteiger partial charge in [0, 0.05) is 24.7 Å². The molecule has 102 valence electrons. The van der Waals surface area contributed by atoms with E-state index < -0.39 is 12.2 Å². The Labute approximate surface area is 113 Å². The molecule has 19 heavy (non-hydrogen) atoms. The van der Waals surface area contributed by atoms with E-state index >= 15 is 0 Å². The first kappa shape index (κ1) is 14.0. The Bertz CT molecular complexity index is 452. The molecule has 0 spiro atoms. The fourth-order valence-corrected chi connectivity index (χ4v) is 2.44. The molecule has 1 aliphatic rings. The van der Waals surface area contributed by atoms with E-state index in [-0.39, 0.29) is 24.0 Å². The molecular weight excluding hydrogens is 240 g/mol. The maximum Gasteiger partial charge on any atom is 0.136 e. The van der Waals surface area contributed by atoms with Gasteiger partial charge in [0.1, 0.15) is 5.78 Å². The zero-order valence-electron chi connectivity index (χ0n) is 11.1. The predicted molar refractivity (Wildman–Crippen MR) is 73.7 cm³/mol. The Morgan fingerprint density at radius 2 is 1.95 bits per heavy atom. The maximum atomic E-state index is 11.2. The fraction of sp³-hybridized carbons (Fsp3) is 0.438. The average molecular weight is 260 g/mol. The topological polar surface area (TPSA) is 57.5 Å². The molecule has 3 unspecified atom stereocenters. The molecule has 1 fully saturated rings. The number of Topliss-reactive ketones (excluding diaryl/α,β-unsaturated/α-hetero) is 1. The van der Waals surface area contributed by atoms with E-state index in [1.54, 1.807) is 12.2 Å². The molecule has 0 aromatic heterocycles. The summed E-state index contributed by atoms with van der Waals surface area (Å²) in [6.45, 7) is 1.96. The number of aliphatic hydroxyl groups is 2. The van der Waals surface area contributed by atoms with Crippen molar-refractivity contribution in [3.63, 3.8) is 0 Å². The largest absolute Gasteiger partial charge is 0.392 e. The number of hydrogen-bond acceptors (Lipinski definition) is 3. The van der Waals surface area contributed by atoms with Crippen LogP contribution in [0.1, 0.15) is 31.2 Å². The van der Waals surface area contributed by atoms with E-state index in [4.69, 9.17) is 0 Å². The lowest BCUT2D eigenvalue weighted by Crippen LogP contribution is -2.15. The van der Waals surface area contributed by atoms with Gasteiger partial charge in [-0.3, -0.25) is 4.79 Å². The summed E-state index contributed by atoms with van der Waals surface area (Å²) in [6.07, 6.45) is 2.89. The van der Waals surface area contributed by atoms with E-state index in [0.717, 1.165) is 5.56 Å². The third-order valence-corrected chi connectivity index (χ3v) is 3.79. The van der Waals surface area contributed by atoms with Crippen molar-refractivity contribution in [3.8, 4) is 0 Å². The Kier molecular flexibility index (Phi) is 4.51. The molecule has 1 aromatic rings. The molecule has 3 heteroatoms. The van der Waals surface area contributed by atoms with Crippen LogP contribution in [-0.4, -0.2) is 28.2 Å². The number of aliphatic hydroxyl groups excluding tert-OH is 2. The second-order valence-electron chi connectivity index (χ2n) is 5.25. The smallest absolute Gasteiger partial charge is 0.136 e. The molecule has 0 saturated heterocycles. The number of rotatable bonds is 4. The molecule has 1 aliphatic carbocycles. The highest BCUT2D eigenvalue weighted by Crippen LogP contribution is 2.25. The van der Waals surface area contributed by atoms with Gasteiger partial charge >= 0.3 is 0 Å². The van der Waals surface area contributed by atoms with Crippen LogP contribution >= 0.6 is 0 Å². The number of ketones is 1. The van der Waals surface area contributed by atoms with Crippen LogP contribution in [-0.2, 0) is 4.79 Å². The van der Waals surface area contributed by atoms with Crippen molar-refractivity contribution >= 4 is 5.78 Å². The van der Waals surface area contributed by atoms with Crippen LogP contribution < -0.4 is 0 Å². The minimum absolute atomic E-state index is 0.00769. The summed E-state index contributed by atoms with van der Waals surface area (Å²) < 4.78 is 0. The van der Waals surface area contributed by atoms with Gasteiger partial charge in [0.25, 0.3) is 0 Å². The fourth-order valence-electron chi connectivity index (χ4n) is 2.44. The van der Waals surface area contributed by atoms with Gasteiger partial charge in [0.2, 0.25) is 0 Å². The van der Waals surface area contributed by atoms with Gasteiger partial charge in [0.15, 0.2) is 0 Å². The monoisotopic (exact) mass is 260 g/mol. The van der Waals surface area contributed by atoms with E-state index in [1.165, 1.54) is 0 Å². The van der Waals surface area contributed by atoms with Crippen LogP contribution in [0.15, 0.2) is 42.5 Å². The Morgan fingerprint density at radius 3 is 2.53 bits per heavy atom. The molecule has 0 heterocycles. The minimum Gasteiger partial charge on any atom is -0.392 e. The molecule has 1 aromatic carbocycles. The number of hydrogen-bond donors (Lipinski definition) is 2. The molecule has 3 nitrogen and oxygen atoms in total. The summed E-state index contributed by atoms with van der Waals surface area (Å²) in [5.41, 5.74) is 1.07. The van der Waals surface area contributed by atoms with Gasteiger partial charge in [-0.05, 0) is 5.56 Å². The van der Waals surface area contributed by atoms with Crippen molar-refractivity contribution in [1.29, 1.82) is 0 Å². The van der Waals surface area contributed by atoms with Gasteiger partial charge in [-0.2, -0.15) is 0 Å². The lowest BCUT2D eigenvalue weighted by molar-refractivity contribution is -0.117. The van der Waals surface area contributed by atoms with Crippen LogP contribution in [0.2, 0.25) is 0 Å². The van der Waals surface area contributed by atoms with Crippen LogP contribution in [0.25, 0.3) is 0 Å². The van der Waals surface area contributed by atoms with E-state index in [0.29, 0.717) is 6.42 Å². The molecular formula is C16H20O3. The SMILES string of the molecule is CC(c1ccccc1)C(O)/C=C/C1CC(=O)C[C@H]1O. The highest BCUT2D eigenvalue weighted by molar-refractivity contribution is 5.81. The van der Waals surface area contributed by atoms with Gasteiger partial charge < -0.3 is 10.2 Å². The van der Waals surface area contributed by atoms with E-state index in [1.807, 2.05) is 37.3 Å². The first-order valence-electron chi connectivity index (χ1n) is 6.69. The van der Waals surface area contributed by atoms with E-state index in [2.05, 4.69) is 0 Å². The minimum atomic E-state index is -0.606. The third kappa shape index (κ3) is 3.52. The lowest BCUT2D eigenvalue weighted by Gasteiger charge is -2.17. The lowest BCUT2D eigenvalue weighted by atomic mass is 9.94. The van der Waals surface area contributed by atoms with Crippen molar-refractivity contribution in [3.05, 3.63) is 48.0 Å². The predicted octanol–water partition coefficient (Wildman–Crippen LogP) is 2.05. The second-order valence-corrected chi connectivity index (χ2v) is 5.25. The van der Waals surface area contributed by atoms with Crippen molar-refractivity contribution in [2.45, 2.75) is 37.9 Å². The van der Waals surface area contributed by atoms with Crippen molar-refractivity contribution < 1.29 is 15.0 Å². The number of carbonyl (C=O) groups is 1. The summed E-state index contributed by atoms with van der Waals surface area (Å²) in [5.74, 6) is -0.0652. The quantitative estimate of drug-likeness (QED) is 0.815. The molecule has 0 radical (unpaired) electrons. The van der Waals surface area contributed by atoms with Crippen molar-refractivity contribution in [2.24, 2.45) is 5.92 Å². The van der Waals surface area contributed by atoms with Crippen LogP contribution in [0.5, 0.6) is 0 Å². The highest BCUT2D eigenvalue weighted by Gasteiger charge is 2.29. The Morgan fingerprint density at radius 1 is 1.26 bits per heavy atom. The van der Waals surface area contributed by atoms with Crippen LogP contribution in [0.4, 0.5) is 0 Å². The summed E-state index contributed by atoms with van der Waals surface area (Å²) >= 11 is 0. The standard InChI is InChI=1S/C16H20O3/c1-11(12-5-3-2-4-6-12)15(18)8-7-13-9-14(17)10-16(13)19/h2-8,11,13,15-16,18-19H,9-10H2,1H3/b8-7+/t11?,13?,15?,16-/m1/s1. The Balaban J connectivity index is 1.97. The third-order valence-electron chi connectivity index (χ3n) is 3.79. The Hall–Kier alpha value is -1.45. The van der Waals surface area contributed by atoms with Gasteiger partial charge in [0.05, 0.1) is 12.2 Å². The highest BCUT2D eigenvalue weighted by atomic mass is 16.3. The summed E-state index contributed by atoms with van der Waals surface area (Å²) in [4.78, 5) is 11.2. The second kappa shape index (κ2) is 6.13. The summed E-state index contributed by atoms with van der Waals surface area (Å²) in [6, 6.07) is 9.80. The zero-order valence-corrected chi connectivity index (χ0v) is 11.1. The molecule has 0 amide bonds. The van der Waals surface area contributed by atoms with E-state index in [9.17, 15) is 15.0 Å². The summed E-state index contributed by atoms with van der Waals surface area (Å²) in [5, 5.41) is 19.8. The average Bonchev–Trinajstić information content (AvgIpc) is 2.74. The van der Waals surface area contributed by atoms with Gasteiger partial charge in [-0.15, -0.1) is 0 Å². The van der Waals surface area contributed by atoms with Gasteiger partial charge in [-0.1, -0.05) is 49.4 Å². The van der Waals surface area contributed by atoms with Crippen LogP contribution in [0, 0.1) is 5.92 Å². The van der Waals surface area contributed by atoms with Crippen LogP contribution in [0.3, 0.4) is 0 Å². The normalized spacial score (nSPS) is 26.8. The molecule has 0 aliphatic heterocycles. The number of carbonyl (C=O) groups excluding carboxylic acids is 1. The molecule has 2 rings (SSSR count). The first-order chi connectivity index (χ1) is 9.08. The first-order valence-corrected chi connectivity index (χ1v) is 6.69. The van der Waals surface area contributed by atoms with Gasteiger partial charge in [-0.25, -0.2) is 0 Å². The zero-order chi connectivity index (χ0) is 13.8. The van der Waals surface area contributed by atoms with Crippen molar-refractivity contribution in [1.82, 2.24) is 0 Å². The molecule has 0 bridgehead atoms. The maximum absolute atomic E-state index is 11.2. The molecule has 1 saturated carbocycles.